The third-order valence-corrected chi connectivity index (χ3v) is 2.61. The fraction of sp³-hybridized carbons (Fsp3) is 0.417. The minimum Gasteiger partial charge on any atom is -0.354 e. The third-order valence-electron chi connectivity index (χ3n) is 2.61. The molecule has 0 spiro atoms. The summed E-state index contributed by atoms with van der Waals surface area (Å²) in [6, 6.07) is 8.44. The number of benzene rings is 1. The predicted molar refractivity (Wildman–Crippen MR) is 61.6 cm³/mol. The molecule has 0 aromatic heterocycles. The molecule has 0 saturated carbocycles. The Hall–Kier alpha value is -1.35. The number of nitrogens with one attached hydrogen (secondary N) is 1. The molecule has 1 aliphatic rings. The van der Waals surface area contributed by atoms with Crippen LogP contribution < -0.4 is 5.32 Å². The number of hydrogen-bond donors (Lipinski definition) is 1. The molecule has 1 amide bonds. The lowest BCUT2D eigenvalue weighted by Crippen LogP contribution is -2.47. The summed E-state index contributed by atoms with van der Waals surface area (Å²) in [6.07, 6.45) is 0. The summed E-state index contributed by atoms with van der Waals surface area (Å²) in [5, 5.41) is 2.83. The highest BCUT2D eigenvalue weighted by Crippen LogP contribution is 2.08. The van der Waals surface area contributed by atoms with Gasteiger partial charge in [0, 0.05) is 21.1 Å². The van der Waals surface area contributed by atoms with E-state index in [2.05, 4.69) is 41.4 Å². The largest absolute Gasteiger partial charge is 0.354 e. The Morgan fingerprint density at radius 2 is 2.40 bits per heavy atom. The van der Waals surface area contributed by atoms with Crippen molar-refractivity contribution >= 4 is 5.91 Å². The first kappa shape index (κ1) is 10.2. The number of hydrogen-bond acceptors (Lipinski definition) is 2. The van der Waals surface area contributed by atoms with E-state index in [-0.39, 0.29) is 7.33 Å². The number of rotatable bonds is 2. The molecule has 0 radical (unpaired) electrons. The van der Waals surface area contributed by atoms with Gasteiger partial charge in [0.05, 0.1) is 6.54 Å². The van der Waals surface area contributed by atoms with E-state index in [4.69, 9.17) is 0 Å². The Balaban J connectivity index is 0.00000128. The fourth-order valence-electron chi connectivity index (χ4n) is 1.90. The zero-order valence-corrected chi connectivity index (χ0v) is 8.99. The molecule has 2 rings (SSSR count). The highest BCUT2D eigenvalue weighted by molar-refractivity contribution is 5.78. The van der Waals surface area contributed by atoms with Crippen molar-refractivity contribution in [3.8, 4) is 0 Å². The van der Waals surface area contributed by atoms with Crippen molar-refractivity contribution in [2.24, 2.45) is 0 Å². The van der Waals surface area contributed by atoms with Gasteiger partial charge in [0.15, 0.2) is 0 Å². The summed E-state index contributed by atoms with van der Waals surface area (Å²) in [4.78, 5) is 13.4. The standard InChI is InChI=1S/C12H16N2O.H2/c1-10-3-2-4-11(7-10)8-14-6-5-13-12(15)9-14;/h2-4,7H,5-6,8-9H2,1H3,(H,13,15);1H. The molecule has 0 unspecified atom stereocenters. The van der Waals surface area contributed by atoms with Crippen molar-refractivity contribution in [2.75, 3.05) is 19.6 Å². The van der Waals surface area contributed by atoms with Crippen LogP contribution in [0.15, 0.2) is 24.3 Å². The van der Waals surface area contributed by atoms with Crippen molar-refractivity contribution in [1.29, 1.82) is 0 Å². The molecule has 1 aromatic carbocycles. The average molecular weight is 206 g/mol. The van der Waals surface area contributed by atoms with Gasteiger partial charge in [0.2, 0.25) is 5.91 Å². The molecule has 1 fully saturated rings. The Morgan fingerprint density at radius 3 is 3.13 bits per heavy atom. The second-order valence-electron chi connectivity index (χ2n) is 4.05. The number of piperazine rings is 1. The number of aryl methyl sites for hydroxylation is 1. The van der Waals surface area contributed by atoms with Crippen molar-refractivity contribution in [2.45, 2.75) is 13.5 Å². The van der Waals surface area contributed by atoms with Crippen LogP contribution in [0, 0.1) is 6.92 Å². The number of amides is 1. The predicted octanol–water partition coefficient (Wildman–Crippen LogP) is 1.17. The molecule has 0 bridgehead atoms. The van der Waals surface area contributed by atoms with Gasteiger partial charge in [-0.1, -0.05) is 29.8 Å². The number of carbonyl (C=O) groups excluding carboxylic acids is 1. The maximum Gasteiger partial charge on any atom is 0.234 e. The van der Waals surface area contributed by atoms with Gasteiger partial charge in [-0.05, 0) is 12.5 Å². The first-order valence-corrected chi connectivity index (χ1v) is 5.28. The topological polar surface area (TPSA) is 32.3 Å². The lowest BCUT2D eigenvalue weighted by atomic mass is 10.1. The van der Waals surface area contributed by atoms with Crippen LogP contribution in [0.4, 0.5) is 0 Å². The van der Waals surface area contributed by atoms with Gasteiger partial charge in [0.1, 0.15) is 0 Å². The van der Waals surface area contributed by atoms with Gasteiger partial charge in [-0.2, -0.15) is 0 Å². The van der Waals surface area contributed by atoms with Crippen LogP contribution in [0.25, 0.3) is 0 Å². The second kappa shape index (κ2) is 4.45. The van der Waals surface area contributed by atoms with Crippen LogP contribution in [-0.4, -0.2) is 30.4 Å². The van der Waals surface area contributed by atoms with E-state index in [1.165, 1.54) is 11.1 Å². The van der Waals surface area contributed by atoms with Crippen molar-refractivity contribution in [3.63, 3.8) is 0 Å². The molecule has 0 aliphatic carbocycles. The van der Waals surface area contributed by atoms with Gasteiger partial charge >= 0.3 is 0 Å². The van der Waals surface area contributed by atoms with E-state index < -0.39 is 0 Å². The summed E-state index contributed by atoms with van der Waals surface area (Å²) >= 11 is 0. The van der Waals surface area contributed by atoms with Crippen LogP contribution in [0.2, 0.25) is 0 Å². The molecule has 3 nitrogen and oxygen atoms in total. The van der Waals surface area contributed by atoms with Gasteiger partial charge < -0.3 is 5.32 Å². The molecular formula is C12H18N2O. The minimum absolute atomic E-state index is 0. The van der Waals surface area contributed by atoms with Gasteiger partial charge in [-0.3, -0.25) is 9.69 Å². The second-order valence-corrected chi connectivity index (χ2v) is 4.05. The molecule has 1 saturated heterocycles. The van der Waals surface area contributed by atoms with Gasteiger partial charge in [-0.25, -0.2) is 0 Å². The molecule has 1 aromatic rings. The van der Waals surface area contributed by atoms with Gasteiger partial charge in [0.25, 0.3) is 0 Å². The smallest absolute Gasteiger partial charge is 0.234 e. The molecule has 1 aliphatic heterocycles. The van der Waals surface area contributed by atoms with Crippen LogP contribution in [0.5, 0.6) is 0 Å². The lowest BCUT2D eigenvalue weighted by Gasteiger charge is -2.26. The van der Waals surface area contributed by atoms with Crippen LogP contribution >= 0.6 is 0 Å². The van der Waals surface area contributed by atoms with Crippen molar-refractivity contribution in [1.82, 2.24) is 10.2 Å². The monoisotopic (exact) mass is 206 g/mol. The van der Waals surface area contributed by atoms with E-state index in [9.17, 15) is 4.79 Å². The molecule has 3 heteroatoms. The molecule has 1 N–H and O–H groups in total. The summed E-state index contributed by atoms with van der Waals surface area (Å²) in [5.74, 6) is 0.133. The summed E-state index contributed by atoms with van der Waals surface area (Å²) < 4.78 is 0. The van der Waals surface area contributed by atoms with E-state index in [1.807, 2.05) is 0 Å². The summed E-state index contributed by atoms with van der Waals surface area (Å²) in [7, 11) is 0. The average Bonchev–Trinajstić information content (AvgIpc) is 2.17. The highest BCUT2D eigenvalue weighted by atomic mass is 16.2. The summed E-state index contributed by atoms with van der Waals surface area (Å²) in [6.45, 7) is 5.19. The van der Waals surface area contributed by atoms with Crippen LogP contribution in [-0.2, 0) is 11.3 Å². The van der Waals surface area contributed by atoms with E-state index in [1.54, 1.807) is 0 Å². The molecule has 82 valence electrons. The van der Waals surface area contributed by atoms with Crippen molar-refractivity contribution < 1.29 is 6.22 Å². The number of nitrogens with zero attached hydrogens (tertiary/aromatic N) is 1. The minimum atomic E-state index is 0. The van der Waals surface area contributed by atoms with E-state index >= 15 is 0 Å². The fourth-order valence-corrected chi connectivity index (χ4v) is 1.90. The van der Waals surface area contributed by atoms with Crippen molar-refractivity contribution in [3.05, 3.63) is 35.4 Å². The lowest BCUT2D eigenvalue weighted by molar-refractivity contribution is -0.124. The first-order chi connectivity index (χ1) is 7.24. The Labute approximate surface area is 91.6 Å². The Morgan fingerprint density at radius 1 is 1.53 bits per heavy atom. The molecule has 0 atom stereocenters. The molecule has 15 heavy (non-hydrogen) atoms. The maximum absolute atomic E-state index is 11.2. The van der Waals surface area contributed by atoms with Crippen LogP contribution in [0.3, 0.4) is 0 Å². The number of carbonyl (C=O) groups is 1. The molecule has 1 heterocycles. The van der Waals surface area contributed by atoms with Gasteiger partial charge in [-0.15, -0.1) is 0 Å². The normalized spacial score (nSPS) is 17.5. The summed E-state index contributed by atoms with van der Waals surface area (Å²) in [5.41, 5.74) is 2.55. The van der Waals surface area contributed by atoms with E-state index in [0.717, 1.165) is 19.6 Å². The zero-order chi connectivity index (χ0) is 10.7. The van der Waals surface area contributed by atoms with E-state index in [0.29, 0.717) is 6.54 Å². The first-order valence-electron chi connectivity index (χ1n) is 5.28. The quantitative estimate of drug-likeness (QED) is 0.788. The Kier molecular flexibility index (Phi) is 3.02. The molecular weight excluding hydrogens is 188 g/mol. The SMILES string of the molecule is Cc1cccc(CN2CCNC(=O)C2)c1.[HH]. The maximum atomic E-state index is 11.2. The zero-order valence-electron chi connectivity index (χ0n) is 8.99. The highest BCUT2D eigenvalue weighted by Gasteiger charge is 2.15. The Bertz CT molecular complexity index is 368. The van der Waals surface area contributed by atoms with Crippen LogP contribution in [0.1, 0.15) is 12.6 Å². The third kappa shape index (κ3) is 2.80.